The van der Waals surface area contributed by atoms with E-state index in [9.17, 15) is 8.42 Å². The maximum Gasteiger partial charge on any atom is 0.269 e. The highest BCUT2D eigenvalue weighted by atomic mass is 32.2. The average molecular weight is 591 g/mol. The van der Waals surface area contributed by atoms with E-state index in [0.717, 1.165) is 80.1 Å². The molecule has 2 aliphatic heterocycles. The van der Waals surface area contributed by atoms with Gasteiger partial charge in [-0.05, 0) is 81.8 Å². The van der Waals surface area contributed by atoms with E-state index in [4.69, 9.17) is 9.97 Å². The van der Waals surface area contributed by atoms with E-state index in [0.29, 0.717) is 17.6 Å². The topological polar surface area (TPSA) is 83.4 Å². The second-order valence-electron chi connectivity index (χ2n) is 11.9. The maximum absolute atomic E-state index is 13.8. The van der Waals surface area contributed by atoms with Gasteiger partial charge in [-0.3, -0.25) is 4.90 Å². The van der Waals surface area contributed by atoms with Crippen molar-refractivity contribution in [2.24, 2.45) is 0 Å². The molecule has 0 bridgehead atoms. The van der Waals surface area contributed by atoms with Crippen molar-refractivity contribution in [1.82, 2.24) is 29.1 Å². The zero-order valence-electron chi connectivity index (χ0n) is 23.6. The molecule has 0 spiro atoms. The number of hydrogen-bond donors (Lipinski definition) is 1. The lowest BCUT2D eigenvalue weighted by atomic mass is 9.81. The molecule has 216 valence electrons. The van der Waals surface area contributed by atoms with Crippen LogP contribution in [0.3, 0.4) is 0 Å². The van der Waals surface area contributed by atoms with E-state index in [1.165, 1.54) is 22.4 Å². The molecule has 41 heavy (non-hydrogen) atoms. The van der Waals surface area contributed by atoms with Crippen LogP contribution in [-0.4, -0.2) is 78.0 Å². The van der Waals surface area contributed by atoms with Crippen molar-refractivity contribution in [1.29, 1.82) is 0 Å². The summed E-state index contributed by atoms with van der Waals surface area (Å²) in [6, 6.07) is 11.8. The number of piperazine rings is 1. The monoisotopic (exact) mass is 590 g/mol. The van der Waals surface area contributed by atoms with Gasteiger partial charge in [0.25, 0.3) is 10.0 Å². The number of likely N-dealkylation sites (N-methyl/N-ethyl adjacent to an activating group) is 1. The predicted molar refractivity (Wildman–Crippen MR) is 164 cm³/mol. The number of hydrogen-bond acceptors (Lipinski definition) is 8. The third-order valence-electron chi connectivity index (χ3n) is 9.31. The quantitative estimate of drug-likeness (QED) is 0.335. The molecule has 1 aliphatic carbocycles. The minimum Gasteiger partial charge on any atom is -0.308 e. The van der Waals surface area contributed by atoms with Crippen LogP contribution in [0, 0.1) is 0 Å². The van der Waals surface area contributed by atoms with Crippen molar-refractivity contribution < 1.29 is 8.42 Å². The van der Waals surface area contributed by atoms with Gasteiger partial charge >= 0.3 is 0 Å². The van der Waals surface area contributed by atoms with Crippen molar-refractivity contribution >= 4 is 32.4 Å². The van der Waals surface area contributed by atoms with Crippen molar-refractivity contribution in [3.8, 4) is 11.3 Å². The highest BCUT2D eigenvalue weighted by molar-refractivity contribution is 7.90. The number of thiazole rings is 1. The molecule has 3 fully saturated rings. The molecular formula is C31H38N6O2S2. The number of nitrogens with one attached hydrogen (secondary N) is 1. The summed E-state index contributed by atoms with van der Waals surface area (Å²) < 4.78 is 28.9. The Bertz CT molecular complexity index is 1610. The fourth-order valence-electron chi connectivity index (χ4n) is 6.84. The molecule has 7 rings (SSSR count). The smallest absolute Gasteiger partial charge is 0.269 e. The molecule has 5 heterocycles. The largest absolute Gasteiger partial charge is 0.308 e. The van der Waals surface area contributed by atoms with Crippen molar-refractivity contribution in [3.63, 3.8) is 0 Å². The Kier molecular flexibility index (Phi) is 7.45. The van der Waals surface area contributed by atoms with Gasteiger partial charge in [-0.2, -0.15) is 0 Å². The number of nitrogens with zero attached hydrogens (tertiary/aromatic N) is 5. The molecule has 1 aromatic carbocycles. The predicted octanol–water partition coefficient (Wildman–Crippen LogP) is 5.09. The van der Waals surface area contributed by atoms with Crippen molar-refractivity contribution in [2.75, 3.05) is 39.8 Å². The second-order valence-corrected chi connectivity index (χ2v) is 14.6. The first-order valence-electron chi connectivity index (χ1n) is 14.9. The summed E-state index contributed by atoms with van der Waals surface area (Å²) >= 11 is 1.65. The van der Waals surface area contributed by atoms with Crippen LogP contribution in [0.1, 0.15) is 61.1 Å². The normalized spacial score (nSPS) is 24.8. The lowest BCUT2D eigenvalue weighted by Gasteiger charge is -2.41. The molecule has 10 heteroatoms. The van der Waals surface area contributed by atoms with E-state index < -0.39 is 10.0 Å². The molecule has 1 unspecified atom stereocenters. The van der Waals surface area contributed by atoms with Crippen LogP contribution < -0.4 is 5.32 Å². The first kappa shape index (κ1) is 27.2. The van der Waals surface area contributed by atoms with E-state index in [2.05, 4.69) is 33.6 Å². The number of pyridine rings is 1. The Hall–Kier alpha value is -2.63. The van der Waals surface area contributed by atoms with Gasteiger partial charge < -0.3 is 10.2 Å². The van der Waals surface area contributed by atoms with E-state index >= 15 is 0 Å². The van der Waals surface area contributed by atoms with Crippen molar-refractivity contribution in [2.45, 2.75) is 61.4 Å². The summed E-state index contributed by atoms with van der Waals surface area (Å²) in [6.07, 6.45) is 10.6. The van der Waals surface area contributed by atoms with Crippen LogP contribution in [0.5, 0.6) is 0 Å². The van der Waals surface area contributed by atoms with Crippen LogP contribution in [0.4, 0.5) is 0 Å². The van der Waals surface area contributed by atoms with E-state index in [1.54, 1.807) is 41.8 Å². The molecule has 8 nitrogen and oxygen atoms in total. The van der Waals surface area contributed by atoms with Crippen LogP contribution in [0.15, 0.2) is 59.1 Å². The first-order chi connectivity index (χ1) is 20.0. The van der Waals surface area contributed by atoms with Crippen LogP contribution in [0.25, 0.3) is 22.3 Å². The molecule has 1 atom stereocenters. The zero-order chi connectivity index (χ0) is 28.0. The van der Waals surface area contributed by atoms with Gasteiger partial charge in [0.05, 0.1) is 16.6 Å². The van der Waals surface area contributed by atoms with Gasteiger partial charge in [-0.1, -0.05) is 18.2 Å². The highest BCUT2D eigenvalue weighted by Crippen LogP contribution is 2.39. The minimum absolute atomic E-state index is 0.255. The number of rotatable bonds is 6. The Labute approximate surface area is 246 Å². The summed E-state index contributed by atoms with van der Waals surface area (Å²) in [5, 5.41) is 7.53. The molecule has 0 amide bonds. The Balaban J connectivity index is 1.23. The second kappa shape index (κ2) is 11.2. The molecular weight excluding hydrogens is 553 g/mol. The molecule has 2 saturated heterocycles. The van der Waals surface area contributed by atoms with Gasteiger partial charge in [0.1, 0.15) is 5.01 Å². The van der Waals surface area contributed by atoms with Gasteiger partial charge in [0, 0.05) is 60.9 Å². The third kappa shape index (κ3) is 5.25. The Morgan fingerprint density at radius 3 is 2.51 bits per heavy atom. The van der Waals surface area contributed by atoms with Crippen LogP contribution >= 0.6 is 11.3 Å². The van der Waals surface area contributed by atoms with E-state index in [-0.39, 0.29) is 10.9 Å². The lowest BCUT2D eigenvalue weighted by molar-refractivity contribution is 0.0878. The first-order valence-corrected chi connectivity index (χ1v) is 17.2. The van der Waals surface area contributed by atoms with Gasteiger partial charge in [-0.25, -0.2) is 22.4 Å². The Morgan fingerprint density at radius 2 is 1.78 bits per heavy atom. The minimum atomic E-state index is -3.81. The zero-order valence-corrected chi connectivity index (χ0v) is 25.2. The standard InChI is InChI=1S/C31H38N6O2S2/c1-35-14-16-36(17-15-35)24-11-9-22(10-12-24)23-18-26-27(29-21-40-31(34-29)28-8-5-13-32-28)20-37(30(26)33-19-23)41(38,39)25-6-3-2-4-7-25/h2-4,6-7,18-22,24,28,32H,5,8-17H2,1H3. The molecule has 3 aliphatic rings. The molecule has 1 N–H and O–H groups in total. The van der Waals surface area contributed by atoms with E-state index in [1.807, 2.05) is 12.3 Å². The SMILES string of the molecule is CN1CCN(C2CCC(c3cnc4c(c3)c(-c3csc(C5CCCN5)n3)cn4S(=O)(=O)c3ccccc3)CC2)CC1. The third-order valence-corrected chi connectivity index (χ3v) is 11.9. The Morgan fingerprint density at radius 1 is 1.00 bits per heavy atom. The summed E-state index contributed by atoms with van der Waals surface area (Å²) in [5.41, 5.74) is 3.33. The lowest BCUT2D eigenvalue weighted by Crippen LogP contribution is -2.49. The highest BCUT2D eigenvalue weighted by Gasteiger charge is 2.30. The molecule has 3 aromatic heterocycles. The van der Waals surface area contributed by atoms with Crippen molar-refractivity contribution in [3.05, 3.63) is 64.7 Å². The molecule has 1 saturated carbocycles. The summed E-state index contributed by atoms with van der Waals surface area (Å²) in [7, 11) is -1.60. The maximum atomic E-state index is 13.8. The van der Waals surface area contributed by atoms with Crippen LogP contribution in [0.2, 0.25) is 0 Å². The summed E-state index contributed by atoms with van der Waals surface area (Å²) in [4.78, 5) is 15.2. The van der Waals surface area contributed by atoms with Gasteiger partial charge in [0.2, 0.25) is 0 Å². The summed E-state index contributed by atoms with van der Waals surface area (Å²) in [5.74, 6) is 0.436. The average Bonchev–Trinajstić information content (AvgIpc) is 3.78. The number of benzene rings is 1. The number of fused-ring (bicyclic) bond motifs is 1. The van der Waals surface area contributed by atoms with Gasteiger partial charge in [-0.15, -0.1) is 11.3 Å². The molecule has 4 aromatic rings. The van der Waals surface area contributed by atoms with Gasteiger partial charge in [0.15, 0.2) is 5.65 Å². The fraction of sp³-hybridized carbons (Fsp3) is 0.484. The summed E-state index contributed by atoms with van der Waals surface area (Å²) in [6.45, 7) is 5.65. The fourth-order valence-corrected chi connectivity index (χ4v) is 9.11. The number of aromatic nitrogens is 3. The molecule has 0 radical (unpaired) electrons. The van der Waals surface area contributed by atoms with Crippen LogP contribution in [-0.2, 0) is 10.0 Å².